The molecule has 0 atom stereocenters. The third-order valence-corrected chi connectivity index (χ3v) is 5.26. The number of carbonyl (C=O) groups excluding carboxylic acids is 1. The molecule has 4 nitrogen and oxygen atoms in total. The molecule has 0 fully saturated rings. The van der Waals surface area contributed by atoms with Gasteiger partial charge in [0.15, 0.2) is 0 Å². The van der Waals surface area contributed by atoms with Gasteiger partial charge in [0.1, 0.15) is 0 Å². The SMILES string of the molecule is CCN(CC)Cc1ccc(C(=O)N2CCN(C)c3ccccc3C2)cc1. The van der Waals surface area contributed by atoms with Gasteiger partial charge in [0, 0.05) is 44.5 Å². The maximum Gasteiger partial charge on any atom is 0.254 e. The van der Waals surface area contributed by atoms with Crippen molar-refractivity contribution in [2.24, 2.45) is 0 Å². The monoisotopic (exact) mass is 351 g/mol. The molecule has 26 heavy (non-hydrogen) atoms. The van der Waals surface area contributed by atoms with E-state index in [1.165, 1.54) is 16.8 Å². The van der Waals surface area contributed by atoms with Crippen molar-refractivity contribution in [3.05, 3.63) is 65.2 Å². The Morgan fingerprint density at radius 3 is 2.38 bits per heavy atom. The van der Waals surface area contributed by atoms with E-state index >= 15 is 0 Å². The molecule has 0 aliphatic carbocycles. The summed E-state index contributed by atoms with van der Waals surface area (Å²) in [4.78, 5) is 19.6. The predicted octanol–water partition coefficient (Wildman–Crippen LogP) is 3.62. The second kappa shape index (κ2) is 8.37. The summed E-state index contributed by atoms with van der Waals surface area (Å²) in [7, 11) is 2.09. The number of hydrogen-bond acceptors (Lipinski definition) is 3. The fourth-order valence-corrected chi connectivity index (χ4v) is 3.51. The maximum absolute atomic E-state index is 13.0. The first-order valence-corrected chi connectivity index (χ1v) is 9.52. The van der Waals surface area contributed by atoms with E-state index in [2.05, 4.69) is 61.0 Å². The van der Waals surface area contributed by atoms with Crippen LogP contribution in [0.4, 0.5) is 5.69 Å². The van der Waals surface area contributed by atoms with Crippen LogP contribution in [0.1, 0.15) is 35.3 Å². The predicted molar refractivity (Wildman–Crippen MR) is 108 cm³/mol. The zero-order valence-corrected chi connectivity index (χ0v) is 16.1. The molecule has 4 heteroatoms. The zero-order valence-electron chi connectivity index (χ0n) is 16.1. The van der Waals surface area contributed by atoms with Gasteiger partial charge in [0.25, 0.3) is 5.91 Å². The van der Waals surface area contributed by atoms with E-state index < -0.39 is 0 Å². The van der Waals surface area contributed by atoms with E-state index in [0.29, 0.717) is 6.54 Å². The molecule has 0 radical (unpaired) electrons. The Balaban J connectivity index is 1.73. The Bertz CT molecular complexity index is 737. The molecular formula is C22H29N3O. The molecule has 0 bridgehead atoms. The Labute approximate surface area is 157 Å². The fourth-order valence-electron chi connectivity index (χ4n) is 3.51. The number of nitrogens with zero attached hydrogens (tertiary/aromatic N) is 3. The van der Waals surface area contributed by atoms with Crippen LogP contribution in [0.3, 0.4) is 0 Å². The smallest absolute Gasteiger partial charge is 0.254 e. The topological polar surface area (TPSA) is 26.8 Å². The van der Waals surface area contributed by atoms with Gasteiger partial charge >= 0.3 is 0 Å². The average molecular weight is 351 g/mol. The van der Waals surface area contributed by atoms with Crippen LogP contribution in [0.2, 0.25) is 0 Å². The van der Waals surface area contributed by atoms with Crippen LogP contribution < -0.4 is 4.90 Å². The van der Waals surface area contributed by atoms with Crippen LogP contribution in [0.15, 0.2) is 48.5 Å². The highest BCUT2D eigenvalue weighted by Gasteiger charge is 2.22. The lowest BCUT2D eigenvalue weighted by Crippen LogP contribution is -2.34. The van der Waals surface area contributed by atoms with Crippen molar-refractivity contribution in [2.45, 2.75) is 26.9 Å². The van der Waals surface area contributed by atoms with E-state index in [4.69, 9.17) is 0 Å². The number of likely N-dealkylation sites (N-methyl/N-ethyl adjacent to an activating group) is 1. The van der Waals surface area contributed by atoms with Gasteiger partial charge < -0.3 is 9.80 Å². The maximum atomic E-state index is 13.0. The van der Waals surface area contributed by atoms with Gasteiger partial charge in [0.2, 0.25) is 0 Å². The van der Waals surface area contributed by atoms with E-state index in [0.717, 1.165) is 38.3 Å². The standard InChI is InChI=1S/C22H29N3O/c1-4-24(5-2)16-18-10-12-19(13-11-18)22(26)25-15-14-23(3)21-9-7-6-8-20(21)17-25/h6-13H,4-5,14-17H2,1-3H3. The second-order valence-electron chi connectivity index (χ2n) is 6.94. The number of fused-ring (bicyclic) bond motifs is 1. The number of carbonyl (C=O) groups is 1. The summed E-state index contributed by atoms with van der Waals surface area (Å²) in [6.45, 7) is 9.62. The molecule has 0 unspecified atom stereocenters. The quantitative estimate of drug-likeness (QED) is 0.823. The molecule has 3 rings (SSSR count). The van der Waals surface area contributed by atoms with E-state index in [1.54, 1.807) is 0 Å². The van der Waals surface area contributed by atoms with Gasteiger partial charge in [-0.25, -0.2) is 0 Å². The summed E-state index contributed by atoms with van der Waals surface area (Å²) < 4.78 is 0. The van der Waals surface area contributed by atoms with Crippen LogP contribution in [0.25, 0.3) is 0 Å². The highest BCUT2D eigenvalue weighted by Crippen LogP contribution is 2.24. The molecule has 2 aromatic rings. The lowest BCUT2D eigenvalue weighted by atomic mass is 10.1. The van der Waals surface area contributed by atoms with Crippen molar-refractivity contribution in [3.8, 4) is 0 Å². The van der Waals surface area contributed by atoms with Crippen molar-refractivity contribution >= 4 is 11.6 Å². The van der Waals surface area contributed by atoms with Gasteiger partial charge in [-0.1, -0.05) is 44.2 Å². The molecule has 0 N–H and O–H groups in total. The molecule has 1 aliphatic heterocycles. The minimum atomic E-state index is 0.115. The molecule has 2 aromatic carbocycles. The Morgan fingerprint density at radius 1 is 1.00 bits per heavy atom. The lowest BCUT2D eigenvalue weighted by molar-refractivity contribution is 0.0751. The van der Waals surface area contributed by atoms with Crippen molar-refractivity contribution in [3.63, 3.8) is 0 Å². The van der Waals surface area contributed by atoms with Crippen LogP contribution in [-0.2, 0) is 13.1 Å². The molecular weight excluding hydrogens is 322 g/mol. The van der Waals surface area contributed by atoms with E-state index in [-0.39, 0.29) is 5.91 Å². The molecule has 0 aromatic heterocycles. The number of amides is 1. The van der Waals surface area contributed by atoms with E-state index in [1.807, 2.05) is 23.1 Å². The number of anilines is 1. The Kier molecular flexibility index (Phi) is 5.94. The van der Waals surface area contributed by atoms with Crippen LogP contribution in [-0.4, -0.2) is 48.9 Å². The normalized spacial score (nSPS) is 14.3. The summed E-state index contributed by atoms with van der Waals surface area (Å²) in [5, 5.41) is 0. The molecule has 138 valence electrons. The minimum absolute atomic E-state index is 0.115. The Morgan fingerprint density at radius 2 is 1.69 bits per heavy atom. The van der Waals surface area contributed by atoms with Crippen molar-refractivity contribution < 1.29 is 4.79 Å². The average Bonchev–Trinajstić information content (AvgIpc) is 2.85. The Hall–Kier alpha value is -2.33. The van der Waals surface area contributed by atoms with Crippen LogP contribution >= 0.6 is 0 Å². The highest BCUT2D eigenvalue weighted by atomic mass is 16.2. The second-order valence-corrected chi connectivity index (χ2v) is 6.94. The highest BCUT2D eigenvalue weighted by molar-refractivity contribution is 5.94. The number of benzene rings is 2. The van der Waals surface area contributed by atoms with Gasteiger partial charge in [0.05, 0.1) is 0 Å². The summed E-state index contributed by atoms with van der Waals surface area (Å²) in [6.07, 6.45) is 0. The largest absolute Gasteiger partial charge is 0.373 e. The summed E-state index contributed by atoms with van der Waals surface area (Å²) in [6, 6.07) is 16.5. The third kappa shape index (κ3) is 4.07. The number of para-hydroxylation sites is 1. The van der Waals surface area contributed by atoms with Crippen molar-refractivity contribution in [2.75, 3.05) is 38.1 Å². The van der Waals surface area contributed by atoms with Crippen molar-refractivity contribution in [1.29, 1.82) is 0 Å². The molecule has 1 aliphatic rings. The molecule has 0 saturated heterocycles. The van der Waals surface area contributed by atoms with Crippen LogP contribution in [0, 0.1) is 0 Å². The molecule has 0 spiro atoms. The van der Waals surface area contributed by atoms with Gasteiger partial charge in [-0.05, 0) is 42.4 Å². The molecule has 1 heterocycles. The summed E-state index contributed by atoms with van der Waals surface area (Å²) in [5.74, 6) is 0.115. The van der Waals surface area contributed by atoms with Gasteiger partial charge in [-0.2, -0.15) is 0 Å². The van der Waals surface area contributed by atoms with E-state index in [9.17, 15) is 4.79 Å². The summed E-state index contributed by atoms with van der Waals surface area (Å²) in [5.41, 5.74) is 4.46. The lowest BCUT2D eigenvalue weighted by Gasteiger charge is -2.22. The zero-order chi connectivity index (χ0) is 18.5. The molecule has 1 amide bonds. The van der Waals surface area contributed by atoms with Gasteiger partial charge in [-0.15, -0.1) is 0 Å². The summed E-state index contributed by atoms with van der Waals surface area (Å²) >= 11 is 0. The number of hydrogen-bond donors (Lipinski definition) is 0. The minimum Gasteiger partial charge on any atom is -0.373 e. The molecule has 0 saturated carbocycles. The number of rotatable bonds is 5. The first kappa shape index (κ1) is 18.5. The first-order chi connectivity index (χ1) is 12.6. The fraction of sp³-hybridized carbons (Fsp3) is 0.409. The van der Waals surface area contributed by atoms with Crippen LogP contribution in [0.5, 0.6) is 0 Å². The third-order valence-electron chi connectivity index (χ3n) is 5.26. The van der Waals surface area contributed by atoms with Crippen molar-refractivity contribution in [1.82, 2.24) is 9.80 Å². The first-order valence-electron chi connectivity index (χ1n) is 9.52. The van der Waals surface area contributed by atoms with Gasteiger partial charge in [-0.3, -0.25) is 9.69 Å².